The van der Waals surface area contributed by atoms with E-state index in [0.29, 0.717) is 11.1 Å². The summed E-state index contributed by atoms with van der Waals surface area (Å²) in [5.41, 5.74) is 3.43. The SMILES string of the molecule is Cc1cccc(C)c1OCC(O)Cn1nc(-c2ccccc2)c2ccccc2c1=O. The Balaban J connectivity index is 1.64. The average molecular weight is 400 g/mol. The summed E-state index contributed by atoms with van der Waals surface area (Å²) in [4.78, 5) is 13.0. The van der Waals surface area contributed by atoms with Crippen LogP contribution in [0.4, 0.5) is 0 Å². The summed E-state index contributed by atoms with van der Waals surface area (Å²) in [6.45, 7) is 4.06. The Bertz CT molecular complexity index is 1210. The average Bonchev–Trinajstić information content (AvgIpc) is 2.76. The van der Waals surface area contributed by atoms with Crippen molar-refractivity contribution in [2.45, 2.75) is 26.5 Å². The van der Waals surface area contributed by atoms with Gasteiger partial charge in [0.25, 0.3) is 5.56 Å². The number of para-hydroxylation sites is 1. The van der Waals surface area contributed by atoms with Crippen molar-refractivity contribution in [3.05, 3.63) is 94.3 Å². The standard InChI is InChI=1S/C25H24N2O3/c1-17-9-8-10-18(2)24(17)30-16-20(28)15-27-25(29)22-14-7-6-13-21(22)23(26-27)19-11-4-3-5-12-19/h3-14,20,28H,15-16H2,1-2H3. The van der Waals surface area contributed by atoms with Gasteiger partial charge in [-0.2, -0.15) is 5.10 Å². The third kappa shape index (κ3) is 3.98. The Morgan fingerprint density at radius 1 is 0.900 bits per heavy atom. The van der Waals surface area contributed by atoms with Crippen LogP contribution in [0, 0.1) is 13.8 Å². The molecule has 5 nitrogen and oxygen atoms in total. The maximum atomic E-state index is 13.0. The summed E-state index contributed by atoms with van der Waals surface area (Å²) in [5, 5.41) is 16.5. The van der Waals surface area contributed by atoms with E-state index in [1.165, 1.54) is 4.68 Å². The van der Waals surface area contributed by atoms with Gasteiger partial charge in [0.2, 0.25) is 0 Å². The van der Waals surface area contributed by atoms with Crippen molar-refractivity contribution in [3.63, 3.8) is 0 Å². The van der Waals surface area contributed by atoms with Gasteiger partial charge in [0.1, 0.15) is 18.5 Å². The Kier molecular flexibility index (Phi) is 5.63. The third-order valence-electron chi connectivity index (χ3n) is 5.13. The Labute approximate surface area is 175 Å². The molecule has 0 aliphatic rings. The number of benzene rings is 3. The largest absolute Gasteiger partial charge is 0.490 e. The van der Waals surface area contributed by atoms with Crippen LogP contribution in [0.3, 0.4) is 0 Å². The zero-order valence-corrected chi connectivity index (χ0v) is 17.1. The molecule has 0 saturated heterocycles. The Morgan fingerprint density at radius 3 is 2.23 bits per heavy atom. The molecule has 1 unspecified atom stereocenters. The fourth-order valence-electron chi connectivity index (χ4n) is 3.63. The van der Waals surface area contributed by atoms with Crippen molar-refractivity contribution in [2.75, 3.05) is 6.61 Å². The van der Waals surface area contributed by atoms with E-state index in [1.807, 2.05) is 80.6 Å². The first-order chi connectivity index (χ1) is 14.5. The van der Waals surface area contributed by atoms with Crippen LogP contribution in [0.2, 0.25) is 0 Å². The van der Waals surface area contributed by atoms with E-state index in [1.54, 1.807) is 6.07 Å². The number of aromatic nitrogens is 2. The van der Waals surface area contributed by atoms with Gasteiger partial charge in [0.05, 0.1) is 17.6 Å². The van der Waals surface area contributed by atoms with Crippen molar-refractivity contribution in [1.82, 2.24) is 9.78 Å². The molecule has 0 spiro atoms. The molecule has 0 amide bonds. The first-order valence-electron chi connectivity index (χ1n) is 9.97. The number of aliphatic hydroxyl groups excluding tert-OH is 1. The molecule has 152 valence electrons. The number of aliphatic hydroxyl groups is 1. The van der Waals surface area contributed by atoms with Gasteiger partial charge in [0.15, 0.2) is 0 Å². The highest BCUT2D eigenvalue weighted by Gasteiger charge is 2.15. The summed E-state index contributed by atoms with van der Waals surface area (Å²) in [5.74, 6) is 0.764. The van der Waals surface area contributed by atoms with Gasteiger partial charge in [-0.15, -0.1) is 0 Å². The number of fused-ring (bicyclic) bond motifs is 1. The summed E-state index contributed by atoms with van der Waals surface area (Å²) < 4.78 is 7.19. The van der Waals surface area contributed by atoms with Crippen LogP contribution in [0.15, 0.2) is 77.6 Å². The highest BCUT2D eigenvalue weighted by Crippen LogP contribution is 2.25. The van der Waals surface area contributed by atoms with E-state index < -0.39 is 6.10 Å². The second kappa shape index (κ2) is 8.51. The Hall–Kier alpha value is -3.44. The van der Waals surface area contributed by atoms with Crippen molar-refractivity contribution in [1.29, 1.82) is 0 Å². The predicted octanol–water partition coefficient (Wildman–Crippen LogP) is 4.12. The van der Waals surface area contributed by atoms with Crippen LogP contribution < -0.4 is 10.3 Å². The maximum Gasteiger partial charge on any atom is 0.274 e. The van der Waals surface area contributed by atoms with Crippen LogP contribution in [-0.2, 0) is 6.54 Å². The molecule has 1 aromatic heterocycles. The van der Waals surface area contributed by atoms with Crippen LogP contribution in [0.25, 0.3) is 22.0 Å². The topological polar surface area (TPSA) is 64.3 Å². The number of hydrogen-bond acceptors (Lipinski definition) is 4. The monoisotopic (exact) mass is 400 g/mol. The van der Waals surface area contributed by atoms with Crippen LogP contribution >= 0.6 is 0 Å². The van der Waals surface area contributed by atoms with Gasteiger partial charge in [-0.3, -0.25) is 4.79 Å². The van der Waals surface area contributed by atoms with Crippen molar-refractivity contribution < 1.29 is 9.84 Å². The molecule has 30 heavy (non-hydrogen) atoms. The summed E-state index contributed by atoms with van der Waals surface area (Å²) in [7, 11) is 0. The fraction of sp³-hybridized carbons (Fsp3) is 0.200. The van der Waals surface area contributed by atoms with Crippen molar-refractivity contribution >= 4 is 10.8 Å². The molecule has 0 bridgehead atoms. The number of rotatable bonds is 6. The molecule has 0 saturated carbocycles. The smallest absolute Gasteiger partial charge is 0.274 e. The van der Waals surface area contributed by atoms with Gasteiger partial charge in [-0.25, -0.2) is 4.68 Å². The second-order valence-corrected chi connectivity index (χ2v) is 7.43. The minimum atomic E-state index is -0.876. The van der Waals surface area contributed by atoms with Gasteiger partial charge in [-0.1, -0.05) is 66.7 Å². The molecule has 0 fully saturated rings. The molecule has 1 heterocycles. The third-order valence-corrected chi connectivity index (χ3v) is 5.13. The van der Waals surface area contributed by atoms with E-state index >= 15 is 0 Å². The Morgan fingerprint density at radius 2 is 1.53 bits per heavy atom. The van der Waals surface area contributed by atoms with E-state index in [0.717, 1.165) is 27.8 Å². The lowest BCUT2D eigenvalue weighted by Gasteiger charge is -2.17. The molecular formula is C25H24N2O3. The maximum absolute atomic E-state index is 13.0. The van der Waals surface area contributed by atoms with Gasteiger partial charge < -0.3 is 9.84 Å². The number of aryl methyl sites for hydroxylation is 2. The summed E-state index contributed by atoms with van der Waals surface area (Å²) >= 11 is 0. The zero-order valence-electron chi connectivity index (χ0n) is 17.1. The lowest BCUT2D eigenvalue weighted by molar-refractivity contribution is 0.0876. The number of hydrogen-bond donors (Lipinski definition) is 1. The molecule has 4 aromatic rings. The molecular weight excluding hydrogens is 376 g/mol. The van der Waals surface area contributed by atoms with E-state index in [-0.39, 0.29) is 18.7 Å². The lowest BCUT2D eigenvalue weighted by atomic mass is 10.1. The molecule has 3 aromatic carbocycles. The molecule has 5 heteroatoms. The van der Waals surface area contributed by atoms with Crippen LogP contribution in [0.5, 0.6) is 5.75 Å². The highest BCUT2D eigenvalue weighted by molar-refractivity contribution is 5.93. The second-order valence-electron chi connectivity index (χ2n) is 7.43. The number of ether oxygens (including phenoxy) is 1. The predicted molar refractivity (Wildman–Crippen MR) is 119 cm³/mol. The zero-order chi connectivity index (χ0) is 21.1. The van der Waals surface area contributed by atoms with Crippen molar-refractivity contribution in [3.8, 4) is 17.0 Å². The van der Waals surface area contributed by atoms with Gasteiger partial charge in [-0.05, 0) is 31.0 Å². The molecule has 1 atom stereocenters. The summed E-state index contributed by atoms with van der Waals surface area (Å²) in [6, 6.07) is 23.1. The minimum absolute atomic E-state index is 0.0500. The quantitative estimate of drug-likeness (QED) is 0.529. The van der Waals surface area contributed by atoms with Gasteiger partial charge in [0, 0.05) is 10.9 Å². The molecule has 1 N–H and O–H groups in total. The fourth-order valence-corrected chi connectivity index (χ4v) is 3.63. The number of nitrogens with zero attached hydrogens (tertiary/aromatic N) is 2. The first-order valence-corrected chi connectivity index (χ1v) is 9.97. The first kappa shape index (κ1) is 19.9. The molecule has 4 rings (SSSR count). The van der Waals surface area contributed by atoms with Gasteiger partial charge >= 0.3 is 0 Å². The normalized spacial score (nSPS) is 12.1. The van der Waals surface area contributed by atoms with E-state index in [4.69, 9.17) is 4.74 Å². The summed E-state index contributed by atoms with van der Waals surface area (Å²) in [6.07, 6.45) is -0.876. The van der Waals surface area contributed by atoms with E-state index in [2.05, 4.69) is 5.10 Å². The minimum Gasteiger partial charge on any atom is -0.490 e. The molecule has 0 aliphatic carbocycles. The molecule has 0 aliphatic heterocycles. The van der Waals surface area contributed by atoms with Crippen molar-refractivity contribution in [2.24, 2.45) is 0 Å². The highest BCUT2D eigenvalue weighted by atomic mass is 16.5. The van der Waals surface area contributed by atoms with Crippen LogP contribution in [-0.4, -0.2) is 27.6 Å². The molecule has 0 radical (unpaired) electrons. The van der Waals surface area contributed by atoms with Crippen LogP contribution in [0.1, 0.15) is 11.1 Å². The lowest BCUT2D eigenvalue weighted by Crippen LogP contribution is -2.32. The van der Waals surface area contributed by atoms with E-state index in [9.17, 15) is 9.90 Å².